The SMILES string of the molecule is CC(C)(C)OC(=O)N1CCCCC1COc1ccc(-c2ccc(S(C)(=O)=O)cc2)nc1. The summed E-state index contributed by atoms with van der Waals surface area (Å²) in [4.78, 5) is 19.0. The number of rotatable bonds is 5. The fourth-order valence-electron chi connectivity index (χ4n) is 3.44. The van der Waals surface area contributed by atoms with Gasteiger partial charge in [-0.3, -0.25) is 4.98 Å². The smallest absolute Gasteiger partial charge is 0.410 e. The highest BCUT2D eigenvalue weighted by Gasteiger charge is 2.30. The average molecular weight is 447 g/mol. The summed E-state index contributed by atoms with van der Waals surface area (Å²) in [5.74, 6) is 0.617. The quantitative estimate of drug-likeness (QED) is 0.680. The first-order valence-corrected chi connectivity index (χ1v) is 12.3. The fourth-order valence-corrected chi connectivity index (χ4v) is 4.07. The minimum absolute atomic E-state index is 0.0354. The summed E-state index contributed by atoms with van der Waals surface area (Å²) in [7, 11) is -3.22. The Morgan fingerprint density at radius 1 is 1.13 bits per heavy atom. The first-order chi connectivity index (χ1) is 14.5. The largest absolute Gasteiger partial charge is 0.490 e. The highest BCUT2D eigenvalue weighted by atomic mass is 32.2. The summed E-state index contributed by atoms with van der Waals surface area (Å²) < 4.78 is 34.6. The molecule has 1 saturated heterocycles. The lowest BCUT2D eigenvalue weighted by molar-refractivity contribution is 0.00359. The normalized spacial score (nSPS) is 17.3. The number of nitrogens with zero attached hydrogens (tertiary/aromatic N) is 2. The molecule has 1 atom stereocenters. The molecule has 0 spiro atoms. The third-order valence-electron chi connectivity index (χ3n) is 5.01. The number of hydrogen-bond donors (Lipinski definition) is 0. The summed E-state index contributed by atoms with van der Waals surface area (Å²) in [6.07, 6.45) is 5.41. The van der Waals surface area contributed by atoms with Crippen LogP contribution in [0.2, 0.25) is 0 Å². The van der Waals surface area contributed by atoms with E-state index in [-0.39, 0.29) is 17.0 Å². The second-order valence-electron chi connectivity index (χ2n) is 8.81. The Balaban J connectivity index is 1.62. The van der Waals surface area contributed by atoms with Gasteiger partial charge in [-0.1, -0.05) is 12.1 Å². The number of sulfone groups is 1. The average Bonchev–Trinajstić information content (AvgIpc) is 2.71. The van der Waals surface area contributed by atoms with Crippen LogP contribution in [0.3, 0.4) is 0 Å². The van der Waals surface area contributed by atoms with Gasteiger partial charge in [-0.25, -0.2) is 13.2 Å². The van der Waals surface area contributed by atoms with E-state index in [1.165, 1.54) is 6.26 Å². The van der Waals surface area contributed by atoms with Crippen LogP contribution in [0, 0.1) is 0 Å². The van der Waals surface area contributed by atoms with E-state index in [2.05, 4.69) is 4.98 Å². The Labute approximate surface area is 184 Å². The molecule has 0 bridgehead atoms. The number of ether oxygens (including phenoxy) is 2. The fraction of sp³-hybridized carbons (Fsp3) is 0.478. The predicted molar refractivity (Wildman–Crippen MR) is 119 cm³/mol. The van der Waals surface area contributed by atoms with Crippen molar-refractivity contribution >= 4 is 15.9 Å². The summed E-state index contributed by atoms with van der Waals surface area (Å²) in [5, 5.41) is 0. The summed E-state index contributed by atoms with van der Waals surface area (Å²) in [5.41, 5.74) is 1.02. The van der Waals surface area contributed by atoms with Crippen molar-refractivity contribution in [2.45, 2.75) is 56.6 Å². The van der Waals surface area contributed by atoms with Crippen LogP contribution in [-0.2, 0) is 14.6 Å². The van der Waals surface area contributed by atoms with Gasteiger partial charge >= 0.3 is 6.09 Å². The second kappa shape index (κ2) is 9.26. The molecule has 0 N–H and O–H groups in total. The molecular weight excluding hydrogens is 416 g/mol. The van der Waals surface area contributed by atoms with Crippen molar-refractivity contribution in [3.05, 3.63) is 42.6 Å². The molecule has 0 radical (unpaired) electrons. The van der Waals surface area contributed by atoms with E-state index in [4.69, 9.17) is 9.47 Å². The highest BCUT2D eigenvalue weighted by molar-refractivity contribution is 7.90. The summed E-state index contributed by atoms with van der Waals surface area (Å²) >= 11 is 0. The number of carbonyl (C=O) groups excluding carboxylic acids is 1. The van der Waals surface area contributed by atoms with Crippen molar-refractivity contribution in [2.24, 2.45) is 0 Å². The lowest BCUT2D eigenvalue weighted by Gasteiger charge is -2.36. The highest BCUT2D eigenvalue weighted by Crippen LogP contribution is 2.24. The molecule has 7 nitrogen and oxygen atoms in total. The number of piperidine rings is 1. The lowest BCUT2D eigenvalue weighted by atomic mass is 10.0. The molecule has 31 heavy (non-hydrogen) atoms. The number of aromatic nitrogens is 1. The van der Waals surface area contributed by atoms with Crippen LogP contribution in [0.4, 0.5) is 4.79 Å². The van der Waals surface area contributed by atoms with E-state index >= 15 is 0 Å². The van der Waals surface area contributed by atoms with Crippen LogP contribution in [0.15, 0.2) is 47.5 Å². The molecule has 8 heteroatoms. The van der Waals surface area contributed by atoms with E-state index in [0.717, 1.165) is 30.5 Å². The molecule has 1 aliphatic heterocycles. The predicted octanol–water partition coefficient (Wildman–Crippen LogP) is 4.32. The maximum absolute atomic E-state index is 12.5. The zero-order chi connectivity index (χ0) is 22.6. The van der Waals surface area contributed by atoms with Crippen LogP contribution in [0.25, 0.3) is 11.3 Å². The van der Waals surface area contributed by atoms with Crippen molar-refractivity contribution in [2.75, 3.05) is 19.4 Å². The Morgan fingerprint density at radius 2 is 1.84 bits per heavy atom. The molecule has 1 aromatic carbocycles. The third kappa shape index (κ3) is 6.43. The van der Waals surface area contributed by atoms with Crippen molar-refractivity contribution < 1.29 is 22.7 Å². The van der Waals surface area contributed by atoms with E-state index < -0.39 is 15.4 Å². The van der Waals surface area contributed by atoms with E-state index in [9.17, 15) is 13.2 Å². The van der Waals surface area contributed by atoms with Crippen LogP contribution in [-0.4, -0.2) is 55.4 Å². The molecule has 1 amide bonds. The third-order valence-corrected chi connectivity index (χ3v) is 6.14. The molecule has 2 aromatic rings. The van der Waals surface area contributed by atoms with Gasteiger partial charge in [0.25, 0.3) is 0 Å². The Hall–Kier alpha value is -2.61. The van der Waals surface area contributed by atoms with E-state index in [1.807, 2.05) is 32.9 Å². The minimum Gasteiger partial charge on any atom is -0.490 e. The summed E-state index contributed by atoms with van der Waals surface area (Å²) in [6, 6.07) is 10.2. The number of likely N-dealkylation sites (tertiary alicyclic amines) is 1. The molecule has 1 aliphatic rings. The van der Waals surface area contributed by atoms with Gasteiger partial charge in [-0.05, 0) is 64.3 Å². The second-order valence-corrected chi connectivity index (χ2v) is 10.8. The Kier molecular flexibility index (Phi) is 6.89. The molecular formula is C23H30N2O5S. The van der Waals surface area contributed by atoms with Gasteiger partial charge in [-0.2, -0.15) is 0 Å². The monoisotopic (exact) mass is 446 g/mol. The molecule has 1 aromatic heterocycles. The first kappa shape index (κ1) is 23.1. The molecule has 168 valence electrons. The number of pyridine rings is 1. The zero-order valence-corrected chi connectivity index (χ0v) is 19.3. The van der Waals surface area contributed by atoms with Crippen molar-refractivity contribution in [3.8, 4) is 17.0 Å². The summed E-state index contributed by atoms with van der Waals surface area (Å²) in [6.45, 7) is 6.64. The molecule has 0 saturated carbocycles. The maximum Gasteiger partial charge on any atom is 0.410 e. The maximum atomic E-state index is 12.5. The molecule has 1 unspecified atom stereocenters. The van der Waals surface area contributed by atoms with Crippen molar-refractivity contribution in [1.82, 2.24) is 9.88 Å². The van der Waals surface area contributed by atoms with Gasteiger partial charge in [-0.15, -0.1) is 0 Å². The minimum atomic E-state index is -3.22. The zero-order valence-electron chi connectivity index (χ0n) is 18.5. The van der Waals surface area contributed by atoms with Crippen LogP contribution < -0.4 is 4.74 Å². The van der Waals surface area contributed by atoms with Gasteiger partial charge in [0.05, 0.1) is 22.8 Å². The number of hydrogen-bond acceptors (Lipinski definition) is 6. The Bertz CT molecular complexity index is 996. The van der Waals surface area contributed by atoms with E-state index in [1.54, 1.807) is 35.4 Å². The van der Waals surface area contributed by atoms with Crippen molar-refractivity contribution in [3.63, 3.8) is 0 Å². The topological polar surface area (TPSA) is 85.8 Å². The molecule has 0 aliphatic carbocycles. The van der Waals surface area contributed by atoms with Gasteiger partial charge in [0.2, 0.25) is 0 Å². The van der Waals surface area contributed by atoms with Crippen LogP contribution in [0.5, 0.6) is 5.75 Å². The van der Waals surface area contributed by atoms with Gasteiger partial charge in [0.15, 0.2) is 9.84 Å². The molecule has 2 heterocycles. The first-order valence-electron chi connectivity index (χ1n) is 10.4. The number of benzene rings is 1. The van der Waals surface area contributed by atoms with Crippen LogP contribution in [0.1, 0.15) is 40.0 Å². The van der Waals surface area contributed by atoms with Gasteiger partial charge in [0, 0.05) is 18.4 Å². The standard InChI is InChI=1S/C23H30N2O5S/c1-23(2,3)30-22(26)25-14-6-5-7-18(25)16-29-19-10-13-21(24-15-19)17-8-11-20(12-9-17)31(4,27)28/h8-13,15,18H,5-7,14,16H2,1-4H3. The molecule has 3 rings (SSSR count). The van der Waals surface area contributed by atoms with Gasteiger partial charge in [0.1, 0.15) is 18.0 Å². The van der Waals surface area contributed by atoms with Crippen molar-refractivity contribution in [1.29, 1.82) is 0 Å². The lowest BCUT2D eigenvalue weighted by Crippen LogP contribution is -2.48. The Morgan fingerprint density at radius 3 is 2.42 bits per heavy atom. The van der Waals surface area contributed by atoms with E-state index in [0.29, 0.717) is 18.9 Å². The number of carbonyl (C=O) groups is 1. The van der Waals surface area contributed by atoms with Gasteiger partial charge < -0.3 is 14.4 Å². The molecule has 1 fully saturated rings. The van der Waals surface area contributed by atoms with Crippen LogP contribution >= 0.6 is 0 Å². The number of amides is 1.